The number of hydrogen-bond acceptors (Lipinski definition) is 12. The molecule has 4 aromatic rings. The summed E-state index contributed by atoms with van der Waals surface area (Å²) in [6, 6.07) is 30.7. The van der Waals surface area contributed by atoms with Gasteiger partial charge in [0.2, 0.25) is 0 Å². The average molecular weight is 1000 g/mol. The Labute approximate surface area is 446 Å². The molecule has 24 bridgehead atoms. The van der Waals surface area contributed by atoms with Crippen LogP contribution in [-0.4, -0.2) is 177 Å². The van der Waals surface area contributed by atoms with Crippen molar-refractivity contribution < 1.29 is 0 Å². The van der Waals surface area contributed by atoms with E-state index in [1.54, 1.807) is 0 Å². The Morgan fingerprint density at radius 3 is 0.365 bits per heavy atom. The van der Waals surface area contributed by atoms with Gasteiger partial charge in [0, 0.05) is 157 Å². The van der Waals surface area contributed by atoms with Gasteiger partial charge in [0.15, 0.2) is 0 Å². The summed E-state index contributed by atoms with van der Waals surface area (Å²) in [6.45, 7) is 35.9. The quantitative estimate of drug-likeness (QED) is 0.174. The Morgan fingerprint density at radius 2 is 0.270 bits per heavy atom. The van der Waals surface area contributed by atoms with Crippen LogP contribution in [0.1, 0.15) is 119 Å². The monoisotopic (exact) mass is 1000 g/mol. The molecular weight excluding hydrogens is 913 g/mol. The first-order valence-corrected chi connectivity index (χ1v) is 29.6. The van der Waals surface area contributed by atoms with E-state index in [1.165, 1.54) is 105 Å². The van der Waals surface area contributed by atoms with Crippen LogP contribution in [0.4, 0.5) is 0 Å². The maximum absolute atomic E-state index is 2.71. The fraction of sp³-hybridized carbons (Fsp3) is 0.613. The summed E-state index contributed by atoms with van der Waals surface area (Å²) in [5.74, 6) is 0. The maximum Gasteiger partial charge on any atom is 0.0513 e. The van der Waals surface area contributed by atoms with Crippen LogP contribution in [-0.2, 0) is 78.5 Å². The number of benzene rings is 4. The Morgan fingerprint density at radius 1 is 0.176 bits per heavy atom. The minimum absolute atomic E-state index is 1.02. The van der Waals surface area contributed by atoms with Crippen LogP contribution in [0.5, 0.6) is 0 Å². The number of nitrogens with zero attached hydrogens (tertiary/aromatic N) is 12. The highest BCUT2D eigenvalue weighted by atomic mass is 15.4. The van der Waals surface area contributed by atoms with Gasteiger partial charge in [-0.2, -0.15) is 0 Å². The fourth-order valence-electron chi connectivity index (χ4n) is 14.4. The minimum Gasteiger partial charge on any atom is -0.285 e. The summed E-state index contributed by atoms with van der Waals surface area (Å²) < 4.78 is 0. The molecule has 0 aromatic heterocycles. The molecule has 1 aliphatic carbocycles. The maximum atomic E-state index is 2.71. The Balaban J connectivity index is 0.000000644. The smallest absolute Gasteiger partial charge is 0.0513 e. The third kappa shape index (κ3) is 13.4. The Kier molecular flexibility index (Phi) is 16.6. The van der Waals surface area contributed by atoms with Crippen molar-refractivity contribution in [3.63, 3.8) is 0 Å². The van der Waals surface area contributed by atoms with Crippen LogP contribution in [0.15, 0.2) is 72.8 Å². The zero-order valence-corrected chi connectivity index (χ0v) is 45.8. The van der Waals surface area contributed by atoms with Crippen LogP contribution in [0.25, 0.3) is 0 Å². The van der Waals surface area contributed by atoms with E-state index in [2.05, 4.69) is 132 Å². The van der Waals surface area contributed by atoms with Crippen LogP contribution in [0.2, 0.25) is 0 Å². The second-order valence-corrected chi connectivity index (χ2v) is 24.2. The molecule has 15 rings (SSSR count). The molecule has 398 valence electrons. The fourth-order valence-corrected chi connectivity index (χ4v) is 14.4. The van der Waals surface area contributed by atoms with E-state index in [0.29, 0.717) is 0 Å². The molecular formula is C62H90N12. The van der Waals surface area contributed by atoms with E-state index < -0.39 is 0 Å². The molecule has 0 radical (unpaired) electrons. The van der Waals surface area contributed by atoms with Gasteiger partial charge in [0.05, 0.1) is 40.0 Å². The lowest BCUT2D eigenvalue weighted by Crippen LogP contribution is -2.28. The van der Waals surface area contributed by atoms with Crippen molar-refractivity contribution in [2.75, 3.05) is 119 Å². The lowest BCUT2D eigenvalue weighted by molar-refractivity contribution is 0.226. The van der Waals surface area contributed by atoms with Crippen molar-refractivity contribution in [2.45, 2.75) is 131 Å². The van der Waals surface area contributed by atoms with Crippen molar-refractivity contribution in [3.8, 4) is 0 Å². The van der Waals surface area contributed by atoms with Gasteiger partial charge in [0.25, 0.3) is 0 Å². The van der Waals surface area contributed by atoms with Crippen molar-refractivity contribution in [3.05, 3.63) is 140 Å². The molecule has 6 saturated heterocycles. The molecule has 0 amide bonds. The summed E-state index contributed by atoms with van der Waals surface area (Å²) in [4.78, 5) is 32.5. The van der Waals surface area contributed by atoms with Crippen molar-refractivity contribution in [1.29, 1.82) is 0 Å². The largest absolute Gasteiger partial charge is 0.285 e. The molecule has 10 aliphatic heterocycles. The molecule has 1 saturated carbocycles. The molecule has 0 N–H and O–H groups in total. The van der Waals surface area contributed by atoms with E-state index in [-0.39, 0.29) is 0 Å². The predicted molar refractivity (Wildman–Crippen MR) is 299 cm³/mol. The molecule has 11 aliphatic rings. The molecule has 12 heteroatoms. The Bertz CT molecular complexity index is 1870. The normalized spacial score (nSPS) is 33.5. The number of rotatable bonds is 0. The summed E-state index contributed by atoms with van der Waals surface area (Å²) in [5, 5.41) is 0. The van der Waals surface area contributed by atoms with Gasteiger partial charge in [-0.25, -0.2) is 0 Å². The molecule has 12 atom stereocenters. The van der Waals surface area contributed by atoms with Gasteiger partial charge in [-0.05, 0) is 66.8 Å². The predicted octanol–water partition coefficient (Wildman–Crippen LogP) is 7.65. The third-order valence-corrected chi connectivity index (χ3v) is 17.6. The molecule has 12 unspecified atom stereocenters. The standard InChI is InChI=1S/C54H72N12.C6H12.C2H6/c1-2-56-26-44-15-47-18-48(16-44)30-60-8-10-64(41-60)34-52-20-50-22-54(24-52)36-66-12-11-65(42-66)35-53-21-49(19-51(23-53)33-63-9-7-59(29-47)40-63)31-61-5-3-57(38-61)27-45-13-43(25-55(1)37-56)14-46(17-45)28-58-4-6-62(32-50)39-58;1-2-4-6-5-3-1;1-2/h13-24H,1-12,25-42H2;1-6H2;1-2H3. The van der Waals surface area contributed by atoms with Gasteiger partial charge >= 0.3 is 0 Å². The van der Waals surface area contributed by atoms with Crippen LogP contribution in [0.3, 0.4) is 0 Å². The van der Waals surface area contributed by atoms with Gasteiger partial charge in [0.1, 0.15) is 0 Å². The molecule has 7 fully saturated rings. The highest BCUT2D eigenvalue weighted by Crippen LogP contribution is 2.28. The molecule has 10 heterocycles. The van der Waals surface area contributed by atoms with Gasteiger partial charge in [-0.1, -0.05) is 125 Å². The first kappa shape index (κ1) is 51.2. The van der Waals surface area contributed by atoms with E-state index in [0.717, 1.165) is 197 Å². The number of hydrogen-bond donors (Lipinski definition) is 0. The van der Waals surface area contributed by atoms with Crippen molar-refractivity contribution >= 4 is 0 Å². The van der Waals surface area contributed by atoms with Crippen molar-refractivity contribution in [2.24, 2.45) is 0 Å². The van der Waals surface area contributed by atoms with Crippen LogP contribution >= 0.6 is 0 Å². The van der Waals surface area contributed by atoms with E-state index in [1.807, 2.05) is 13.8 Å². The van der Waals surface area contributed by atoms with Gasteiger partial charge in [-0.15, -0.1) is 0 Å². The second kappa shape index (κ2) is 24.0. The second-order valence-electron chi connectivity index (χ2n) is 24.2. The zero-order chi connectivity index (χ0) is 49.8. The third-order valence-electron chi connectivity index (χ3n) is 17.6. The Hall–Kier alpha value is -3.60. The highest BCUT2D eigenvalue weighted by Gasteiger charge is 2.29. The van der Waals surface area contributed by atoms with Crippen LogP contribution in [0, 0.1) is 0 Å². The minimum atomic E-state index is 1.02. The molecule has 4 aromatic carbocycles. The lowest BCUT2D eigenvalue weighted by atomic mass is 10.0. The van der Waals surface area contributed by atoms with E-state index in [9.17, 15) is 0 Å². The van der Waals surface area contributed by atoms with E-state index in [4.69, 9.17) is 0 Å². The lowest BCUT2D eigenvalue weighted by Gasteiger charge is -2.25. The topological polar surface area (TPSA) is 38.9 Å². The van der Waals surface area contributed by atoms with Gasteiger partial charge in [-0.3, -0.25) is 58.8 Å². The summed E-state index contributed by atoms with van der Waals surface area (Å²) in [7, 11) is 0. The first-order valence-electron chi connectivity index (χ1n) is 29.6. The van der Waals surface area contributed by atoms with Crippen molar-refractivity contribution in [1.82, 2.24) is 58.8 Å². The SMILES string of the molecule is C1CCCCC1.CC.c1c2cc3cc1CN1CCN(Cc4cc5cc(c4)CN4CCN(Cc6cc(cc(c6)CN6CCN(Cc7cc(cc(c7)CN7CCN(C5)C7)CN5CCN(C2)C5)C6)CN2CCN(C3)C2)C4)C1. The summed E-state index contributed by atoms with van der Waals surface area (Å²) in [6.07, 6.45) is 9.00. The zero-order valence-electron chi connectivity index (χ0n) is 45.8. The average Bonchev–Trinajstić information content (AvgIpc) is 4.28. The summed E-state index contributed by atoms with van der Waals surface area (Å²) in [5.41, 5.74) is 17.8. The van der Waals surface area contributed by atoms with Crippen LogP contribution < -0.4 is 0 Å². The molecule has 74 heavy (non-hydrogen) atoms. The molecule has 12 nitrogen and oxygen atoms in total. The summed E-state index contributed by atoms with van der Waals surface area (Å²) >= 11 is 0. The first-order chi connectivity index (χ1) is 36.4. The highest BCUT2D eigenvalue weighted by molar-refractivity contribution is 5.35. The van der Waals surface area contributed by atoms with Gasteiger partial charge < -0.3 is 0 Å². The molecule has 0 spiro atoms. The van der Waals surface area contributed by atoms with E-state index >= 15 is 0 Å².